The van der Waals surface area contributed by atoms with Gasteiger partial charge in [0.1, 0.15) is 5.75 Å². The van der Waals surface area contributed by atoms with Crippen LogP contribution in [0.15, 0.2) is 24.3 Å². The fourth-order valence-electron chi connectivity index (χ4n) is 2.83. The van der Waals surface area contributed by atoms with Gasteiger partial charge in [-0.05, 0) is 81.0 Å². The van der Waals surface area contributed by atoms with Gasteiger partial charge in [0.15, 0.2) is 0 Å². The summed E-state index contributed by atoms with van der Waals surface area (Å²) in [5.41, 5.74) is -1.07. The van der Waals surface area contributed by atoms with Gasteiger partial charge < -0.3 is 9.94 Å². The number of hydrogen-bond acceptors (Lipinski definition) is 4. The topological polar surface area (TPSA) is 49.8 Å². The third-order valence-corrected chi connectivity index (χ3v) is 4.71. The normalized spacial score (nSPS) is 24.6. The third-order valence-electron chi connectivity index (χ3n) is 3.99. The Morgan fingerprint density at radius 2 is 1.85 bits per heavy atom. The standard InChI is InChI=1S/C15H20INO3/c1-14(2)9-12(15(3,4)17(14)19)13(18)20-11-7-5-10(16)6-8-11/h5-8,12,19H,9H2,1-4H3. The second kappa shape index (κ2) is 5.27. The second-order valence-corrected chi connectivity index (χ2v) is 7.66. The minimum atomic E-state index is -0.635. The van der Waals surface area contributed by atoms with Crippen molar-refractivity contribution in [1.29, 1.82) is 0 Å². The molecule has 1 saturated heterocycles. The lowest BCUT2D eigenvalue weighted by Crippen LogP contribution is -2.48. The first-order valence-electron chi connectivity index (χ1n) is 6.61. The lowest BCUT2D eigenvalue weighted by Gasteiger charge is -2.35. The number of ether oxygens (including phenoxy) is 1. The number of halogens is 1. The molecular formula is C15H20INO3. The molecule has 0 bridgehead atoms. The van der Waals surface area contributed by atoms with Crippen LogP contribution in [0.25, 0.3) is 0 Å². The number of esters is 1. The molecule has 4 nitrogen and oxygen atoms in total. The van der Waals surface area contributed by atoms with Gasteiger partial charge >= 0.3 is 5.97 Å². The summed E-state index contributed by atoms with van der Waals surface area (Å²) in [6.07, 6.45) is 0.569. The quantitative estimate of drug-likeness (QED) is 0.478. The second-order valence-electron chi connectivity index (χ2n) is 6.41. The Hall–Kier alpha value is -0.660. The van der Waals surface area contributed by atoms with Crippen molar-refractivity contribution in [2.24, 2.45) is 5.92 Å². The molecule has 1 atom stereocenters. The number of hydroxylamine groups is 2. The van der Waals surface area contributed by atoms with Crippen LogP contribution < -0.4 is 4.74 Å². The first-order valence-corrected chi connectivity index (χ1v) is 7.69. The smallest absolute Gasteiger partial charge is 0.316 e. The van der Waals surface area contributed by atoms with Gasteiger partial charge in [-0.25, -0.2) is 0 Å². The zero-order valence-electron chi connectivity index (χ0n) is 12.2. The van der Waals surface area contributed by atoms with Gasteiger partial charge in [0.25, 0.3) is 0 Å². The van der Waals surface area contributed by atoms with Gasteiger partial charge in [0.2, 0.25) is 0 Å². The van der Waals surface area contributed by atoms with Crippen LogP contribution in [-0.2, 0) is 4.79 Å². The molecule has 2 rings (SSSR count). The van der Waals surface area contributed by atoms with Crippen LogP contribution in [0, 0.1) is 9.49 Å². The average molecular weight is 389 g/mol. The predicted octanol–water partition coefficient (Wildman–Crippen LogP) is 3.46. The maximum Gasteiger partial charge on any atom is 0.316 e. The molecule has 1 aromatic rings. The molecule has 0 spiro atoms. The molecule has 5 heteroatoms. The van der Waals surface area contributed by atoms with Crippen molar-refractivity contribution < 1.29 is 14.7 Å². The van der Waals surface area contributed by atoms with Crippen LogP contribution in [-0.4, -0.2) is 27.3 Å². The minimum absolute atomic E-state index is 0.291. The summed E-state index contributed by atoms with van der Waals surface area (Å²) in [6, 6.07) is 7.35. The summed E-state index contributed by atoms with van der Waals surface area (Å²) < 4.78 is 6.54. The van der Waals surface area contributed by atoms with E-state index in [2.05, 4.69) is 22.6 Å². The lowest BCUT2D eigenvalue weighted by molar-refractivity contribution is -0.198. The maximum absolute atomic E-state index is 12.4. The number of hydrogen-bond donors (Lipinski definition) is 1. The van der Waals surface area contributed by atoms with Crippen molar-refractivity contribution >= 4 is 28.6 Å². The van der Waals surface area contributed by atoms with Crippen LogP contribution in [0.2, 0.25) is 0 Å². The molecular weight excluding hydrogens is 369 g/mol. The highest BCUT2D eigenvalue weighted by molar-refractivity contribution is 14.1. The molecule has 1 aliphatic heterocycles. The molecule has 1 aromatic carbocycles. The van der Waals surface area contributed by atoms with E-state index in [0.717, 1.165) is 3.57 Å². The summed E-state index contributed by atoms with van der Waals surface area (Å²) >= 11 is 2.20. The van der Waals surface area contributed by atoms with E-state index in [9.17, 15) is 10.0 Å². The van der Waals surface area contributed by atoms with Crippen LogP contribution in [0.4, 0.5) is 0 Å². The predicted molar refractivity (Wildman–Crippen MR) is 84.7 cm³/mol. The van der Waals surface area contributed by atoms with Crippen molar-refractivity contribution in [3.8, 4) is 5.75 Å². The number of nitrogens with zero attached hydrogens (tertiary/aromatic N) is 1. The van der Waals surface area contributed by atoms with Gasteiger partial charge in [-0.3, -0.25) is 4.79 Å². The molecule has 1 N–H and O–H groups in total. The van der Waals surface area contributed by atoms with Crippen molar-refractivity contribution in [1.82, 2.24) is 5.06 Å². The molecule has 0 saturated carbocycles. The first kappa shape index (κ1) is 15.7. The zero-order valence-corrected chi connectivity index (χ0v) is 14.3. The molecule has 0 amide bonds. The fourth-order valence-corrected chi connectivity index (χ4v) is 3.18. The van der Waals surface area contributed by atoms with Crippen molar-refractivity contribution in [3.63, 3.8) is 0 Å². The van der Waals surface area contributed by atoms with E-state index in [0.29, 0.717) is 12.2 Å². The molecule has 1 heterocycles. The Labute approximate surface area is 133 Å². The lowest BCUT2D eigenvalue weighted by atomic mass is 9.87. The van der Waals surface area contributed by atoms with Gasteiger partial charge in [0, 0.05) is 9.11 Å². The number of carbonyl (C=O) groups excluding carboxylic acids is 1. The number of benzene rings is 1. The molecule has 0 aliphatic carbocycles. The van der Waals surface area contributed by atoms with Gasteiger partial charge in [-0.1, -0.05) is 0 Å². The molecule has 0 radical (unpaired) electrons. The maximum atomic E-state index is 12.4. The van der Waals surface area contributed by atoms with E-state index in [1.807, 2.05) is 39.8 Å². The van der Waals surface area contributed by atoms with Crippen LogP contribution >= 0.6 is 22.6 Å². The fraction of sp³-hybridized carbons (Fsp3) is 0.533. The summed E-state index contributed by atoms with van der Waals surface area (Å²) in [5.74, 6) is -0.108. The first-order chi connectivity index (χ1) is 9.14. The Kier molecular flexibility index (Phi) is 4.15. The molecule has 0 aromatic heterocycles. The highest BCUT2D eigenvalue weighted by Gasteiger charge is 2.55. The Bertz CT molecular complexity index is 510. The van der Waals surface area contributed by atoms with E-state index >= 15 is 0 Å². The minimum Gasteiger partial charge on any atom is -0.426 e. The monoisotopic (exact) mass is 389 g/mol. The van der Waals surface area contributed by atoms with Crippen molar-refractivity contribution in [3.05, 3.63) is 27.8 Å². The molecule has 20 heavy (non-hydrogen) atoms. The average Bonchev–Trinajstić information content (AvgIpc) is 2.53. The highest BCUT2D eigenvalue weighted by atomic mass is 127. The van der Waals surface area contributed by atoms with Crippen molar-refractivity contribution in [2.75, 3.05) is 0 Å². The SMILES string of the molecule is CC1(C)CC(C(=O)Oc2ccc(I)cc2)C(C)(C)N1O. The number of carbonyl (C=O) groups is 1. The molecule has 1 fully saturated rings. The largest absolute Gasteiger partial charge is 0.426 e. The summed E-state index contributed by atoms with van der Waals surface area (Å²) in [7, 11) is 0. The van der Waals surface area contributed by atoms with Gasteiger partial charge in [-0.15, -0.1) is 0 Å². The van der Waals surface area contributed by atoms with E-state index < -0.39 is 11.1 Å². The van der Waals surface area contributed by atoms with Gasteiger partial charge in [-0.2, -0.15) is 5.06 Å². The number of rotatable bonds is 2. The summed E-state index contributed by atoms with van der Waals surface area (Å²) in [6.45, 7) is 7.57. The Morgan fingerprint density at radius 1 is 1.30 bits per heavy atom. The van der Waals surface area contributed by atoms with Gasteiger partial charge in [0.05, 0.1) is 11.5 Å². The Morgan fingerprint density at radius 3 is 2.30 bits per heavy atom. The zero-order chi connectivity index (χ0) is 15.1. The van der Waals surface area contributed by atoms with E-state index in [-0.39, 0.29) is 11.9 Å². The van der Waals surface area contributed by atoms with Crippen LogP contribution in [0.5, 0.6) is 5.75 Å². The third kappa shape index (κ3) is 2.84. The molecule has 1 unspecified atom stereocenters. The van der Waals surface area contributed by atoms with Crippen LogP contribution in [0.3, 0.4) is 0 Å². The van der Waals surface area contributed by atoms with Crippen molar-refractivity contribution in [2.45, 2.75) is 45.2 Å². The summed E-state index contributed by atoms with van der Waals surface area (Å²) in [5, 5.41) is 11.5. The molecule has 1 aliphatic rings. The van der Waals surface area contributed by atoms with Crippen LogP contribution in [0.1, 0.15) is 34.1 Å². The van der Waals surface area contributed by atoms with E-state index in [1.54, 1.807) is 12.1 Å². The van der Waals surface area contributed by atoms with E-state index in [4.69, 9.17) is 4.74 Å². The Balaban J connectivity index is 2.15. The molecule has 110 valence electrons. The summed E-state index contributed by atoms with van der Waals surface area (Å²) in [4.78, 5) is 12.4. The van der Waals surface area contributed by atoms with E-state index in [1.165, 1.54) is 5.06 Å². The highest BCUT2D eigenvalue weighted by Crippen LogP contribution is 2.44.